The van der Waals surface area contributed by atoms with Crippen LogP contribution >= 0.6 is 28.6 Å². The summed E-state index contributed by atoms with van der Waals surface area (Å²) >= 11 is 5.76. The van der Waals surface area contributed by atoms with E-state index in [1.165, 1.54) is 5.56 Å². The highest BCUT2D eigenvalue weighted by Gasteiger charge is 1.93. The summed E-state index contributed by atoms with van der Waals surface area (Å²) in [5.41, 5.74) is 6.71. The molecule has 0 aliphatic rings. The van der Waals surface area contributed by atoms with Gasteiger partial charge in [-0.2, -0.15) is 0 Å². The third-order valence-corrected chi connectivity index (χ3v) is 2.13. The van der Waals surface area contributed by atoms with Crippen molar-refractivity contribution in [2.75, 3.05) is 13.6 Å². The number of hydrogen-bond acceptors (Lipinski definition) is 1. The van der Waals surface area contributed by atoms with Crippen LogP contribution in [0.3, 0.4) is 0 Å². The summed E-state index contributed by atoms with van der Waals surface area (Å²) in [7, 11) is 1.66. The van der Waals surface area contributed by atoms with Crippen LogP contribution in [-0.2, 0) is 6.42 Å². The van der Waals surface area contributed by atoms with E-state index in [-0.39, 0.29) is 17.0 Å². The Kier molecular flexibility index (Phi) is 7.17. The first kappa shape index (κ1) is 14.3. The number of aliphatic imine (C=N–C) groups is 1. The predicted molar refractivity (Wildman–Crippen MR) is 71.0 cm³/mol. The Morgan fingerprint density at radius 3 is 2.53 bits per heavy atom. The molecule has 3 N–H and O–H groups in total. The van der Waals surface area contributed by atoms with Gasteiger partial charge in [-0.1, -0.05) is 23.7 Å². The van der Waals surface area contributed by atoms with Gasteiger partial charge < -0.3 is 11.1 Å². The van der Waals surface area contributed by atoms with Crippen molar-refractivity contribution in [1.82, 2.24) is 5.32 Å². The smallest absolute Gasteiger partial charge is 0.188 e. The van der Waals surface area contributed by atoms with E-state index in [0.29, 0.717) is 5.96 Å². The van der Waals surface area contributed by atoms with Gasteiger partial charge in [0.1, 0.15) is 0 Å². The van der Waals surface area contributed by atoms with Crippen molar-refractivity contribution in [1.29, 1.82) is 0 Å². The molecule has 0 amide bonds. The van der Waals surface area contributed by atoms with Crippen molar-refractivity contribution in [3.8, 4) is 0 Å². The molecule has 0 heterocycles. The van der Waals surface area contributed by atoms with Gasteiger partial charge in [0.15, 0.2) is 5.96 Å². The maximum atomic E-state index is 5.76. The average molecular weight is 293 g/mol. The summed E-state index contributed by atoms with van der Waals surface area (Å²) in [6.07, 6.45) is 0.910. The molecule has 0 aromatic heterocycles. The van der Waals surface area contributed by atoms with Crippen LogP contribution in [-0.4, -0.2) is 19.6 Å². The number of benzene rings is 1. The zero-order valence-corrected chi connectivity index (χ0v) is 11.0. The summed E-state index contributed by atoms with van der Waals surface area (Å²) in [5.74, 6) is 0.471. The Labute approximate surface area is 105 Å². The summed E-state index contributed by atoms with van der Waals surface area (Å²) in [5, 5.41) is 3.75. The standard InChI is InChI=1S/C10H14ClN3.BrH/c1-13-10(12)14-7-6-8-2-4-9(11)5-3-8;/h2-5H,6-7H2,1H3,(H3,12,13,14);1H. The van der Waals surface area contributed by atoms with Gasteiger partial charge in [-0.25, -0.2) is 0 Å². The minimum absolute atomic E-state index is 0. The first-order valence-electron chi connectivity index (χ1n) is 4.43. The van der Waals surface area contributed by atoms with Crippen LogP contribution in [0.2, 0.25) is 5.02 Å². The summed E-state index contributed by atoms with van der Waals surface area (Å²) in [6, 6.07) is 7.77. The van der Waals surface area contributed by atoms with E-state index in [1.807, 2.05) is 24.3 Å². The molecule has 0 bridgehead atoms. The number of hydrogen-bond donors (Lipinski definition) is 2. The van der Waals surface area contributed by atoms with Crippen LogP contribution in [0.4, 0.5) is 0 Å². The van der Waals surface area contributed by atoms with E-state index in [1.54, 1.807) is 7.05 Å². The fourth-order valence-corrected chi connectivity index (χ4v) is 1.19. The average Bonchev–Trinajstić information content (AvgIpc) is 2.21. The molecule has 3 nitrogen and oxygen atoms in total. The lowest BCUT2D eigenvalue weighted by Crippen LogP contribution is -2.32. The highest BCUT2D eigenvalue weighted by molar-refractivity contribution is 8.93. The molecule has 0 unspecified atom stereocenters. The lowest BCUT2D eigenvalue weighted by Gasteiger charge is -2.04. The van der Waals surface area contributed by atoms with E-state index >= 15 is 0 Å². The third-order valence-electron chi connectivity index (χ3n) is 1.87. The molecule has 1 rings (SSSR count). The van der Waals surface area contributed by atoms with Crippen LogP contribution < -0.4 is 11.1 Å². The fourth-order valence-electron chi connectivity index (χ4n) is 1.07. The van der Waals surface area contributed by atoms with Crippen LogP contribution in [0.5, 0.6) is 0 Å². The highest BCUT2D eigenvalue weighted by atomic mass is 79.9. The number of nitrogens with one attached hydrogen (secondary N) is 1. The van der Waals surface area contributed by atoms with E-state index < -0.39 is 0 Å². The molecule has 1 aromatic rings. The first-order chi connectivity index (χ1) is 6.72. The molecular weight excluding hydrogens is 277 g/mol. The lowest BCUT2D eigenvalue weighted by atomic mass is 10.1. The summed E-state index contributed by atoms with van der Waals surface area (Å²) < 4.78 is 0. The molecule has 0 atom stereocenters. The summed E-state index contributed by atoms with van der Waals surface area (Å²) in [6.45, 7) is 0.783. The van der Waals surface area contributed by atoms with Crippen molar-refractivity contribution >= 4 is 34.5 Å². The molecule has 0 aliphatic heterocycles. The van der Waals surface area contributed by atoms with Crippen molar-refractivity contribution in [2.45, 2.75) is 6.42 Å². The van der Waals surface area contributed by atoms with Crippen molar-refractivity contribution in [2.24, 2.45) is 10.7 Å². The van der Waals surface area contributed by atoms with E-state index in [4.69, 9.17) is 17.3 Å². The molecular formula is C10H15BrClN3. The molecule has 84 valence electrons. The van der Waals surface area contributed by atoms with Crippen LogP contribution in [0.25, 0.3) is 0 Å². The first-order valence-corrected chi connectivity index (χ1v) is 4.80. The second-order valence-corrected chi connectivity index (χ2v) is 3.35. The van der Waals surface area contributed by atoms with Crippen molar-refractivity contribution in [3.63, 3.8) is 0 Å². The van der Waals surface area contributed by atoms with E-state index in [0.717, 1.165) is 18.0 Å². The van der Waals surface area contributed by atoms with Crippen molar-refractivity contribution in [3.05, 3.63) is 34.9 Å². The van der Waals surface area contributed by atoms with E-state index in [2.05, 4.69) is 10.3 Å². The maximum Gasteiger partial charge on any atom is 0.188 e. The number of nitrogens with two attached hydrogens (primary N) is 1. The Balaban J connectivity index is 0.00000196. The topological polar surface area (TPSA) is 50.4 Å². The molecule has 5 heteroatoms. The predicted octanol–water partition coefficient (Wildman–Crippen LogP) is 1.99. The maximum absolute atomic E-state index is 5.76. The minimum atomic E-state index is 0. The number of guanidine groups is 1. The van der Waals surface area contributed by atoms with Gasteiger partial charge in [0.2, 0.25) is 0 Å². The zero-order chi connectivity index (χ0) is 10.4. The third kappa shape index (κ3) is 5.64. The zero-order valence-electron chi connectivity index (χ0n) is 8.53. The molecule has 0 saturated carbocycles. The Morgan fingerprint density at radius 2 is 2.00 bits per heavy atom. The Morgan fingerprint density at radius 1 is 1.40 bits per heavy atom. The normalized spacial score (nSPS) is 10.7. The largest absolute Gasteiger partial charge is 0.370 e. The second kappa shape index (κ2) is 7.54. The number of rotatable bonds is 3. The van der Waals surface area contributed by atoms with Crippen molar-refractivity contribution < 1.29 is 0 Å². The number of nitrogens with zero attached hydrogens (tertiary/aromatic N) is 1. The monoisotopic (exact) mass is 291 g/mol. The molecule has 0 spiro atoms. The second-order valence-electron chi connectivity index (χ2n) is 2.91. The van der Waals surface area contributed by atoms with Gasteiger partial charge in [-0.3, -0.25) is 4.99 Å². The van der Waals surface area contributed by atoms with Gasteiger partial charge in [0, 0.05) is 18.6 Å². The quantitative estimate of drug-likeness (QED) is 0.661. The lowest BCUT2D eigenvalue weighted by molar-refractivity contribution is 0.857. The Hall–Kier alpha value is -0.740. The molecule has 0 saturated heterocycles. The molecule has 0 fully saturated rings. The van der Waals surface area contributed by atoms with Crippen LogP contribution in [0.1, 0.15) is 5.56 Å². The van der Waals surface area contributed by atoms with Gasteiger partial charge in [-0.05, 0) is 24.1 Å². The van der Waals surface area contributed by atoms with Gasteiger partial charge >= 0.3 is 0 Å². The van der Waals surface area contributed by atoms with Gasteiger partial charge in [0.05, 0.1) is 0 Å². The highest BCUT2D eigenvalue weighted by Crippen LogP contribution is 2.09. The SMILES string of the molecule is Br.CN=C(N)NCCc1ccc(Cl)cc1. The van der Waals surface area contributed by atoms with Gasteiger partial charge in [0.25, 0.3) is 0 Å². The van der Waals surface area contributed by atoms with Crippen LogP contribution in [0.15, 0.2) is 29.3 Å². The minimum Gasteiger partial charge on any atom is -0.370 e. The van der Waals surface area contributed by atoms with Gasteiger partial charge in [-0.15, -0.1) is 17.0 Å². The molecule has 0 radical (unpaired) electrons. The summed E-state index contributed by atoms with van der Waals surface area (Å²) in [4.78, 5) is 3.80. The van der Waals surface area contributed by atoms with Crippen LogP contribution in [0, 0.1) is 0 Å². The number of halogens is 2. The fraction of sp³-hybridized carbons (Fsp3) is 0.300. The molecule has 1 aromatic carbocycles. The van der Waals surface area contributed by atoms with E-state index in [9.17, 15) is 0 Å². The molecule has 15 heavy (non-hydrogen) atoms. The molecule has 0 aliphatic carbocycles. The Bertz CT molecular complexity index is 311.